The molecule has 0 atom stereocenters. The molecule has 1 nitrogen and oxygen atoms in total. The molecule has 0 aliphatic heterocycles. The van der Waals surface area contributed by atoms with E-state index >= 15 is 0 Å². The van der Waals surface area contributed by atoms with Gasteiger partial charge in [0.05, 0.1) is 0 Å². The molecule has 0 N–H and O–H groups in total. The van der Waals surface area contributed by atoms with Gasteiger partial charge in [0.2, 0.25) is 0 Å². The van der Waals surface area contributed by atoms with Gasteiger partial charge in [-0.15, -0.1) is 6.42 Å². The van der Waals surface area contributed by atoms with Crippen LogP contribution in [-0.2, 0) is 0 Å². The van der Waals surface area contributed by atoms with Crippen LogP contribution in [-0.4, -0.2) is 6.72 Å². The standard InChI is InChI=1S/C5H5N/c1-3-4-5-6-2/h1,4-5H,2H2/b5-4-. The topological polar surface area (TPSA) is 12.4 Å². The number of rotatable bonds is 1. The summed E-state index contributed by atoms with van der Waals surface area (Å²) in [4.78, 5) is 3.35. The van der Waals surface area contributed by atoms with Crippen molar-refractivity contribution in [2.75, 3.05) is 0 Å². The Balaban J connectivity index is 3.26. The molecule has 0 bridgehead atoms. The third kappa shape index (κ3) is 2.97. The van der Waals surface area contributed by atoms with Gasteiger partial charge in [0.15, 0.2) is 0 Å². The lowest BCUT2D eigenvalue weighted by molar-refractivity contribution is 1.63. The maximum atomic E-state index is 4.79. The summed E-state index contributed by atoms with van der Waals surface area (Å²) in [6, 6.07) is 0. The van der Waals surface area contributed by atoms with Crippen molar-refractivity contribution in [3.05, 3.63) is 12.3 Å². The van der Waals surface area contributed by atoms with Gasteiger partial charge in [0, 0.05) is 12.3 Å². The lowest BCUT2D eigenvalue weighted by atomic mass is 10.6. The summed E-state index contributed by atoms with van der Waals surface area (Å²) in [6.07, 6.45) is 7.73. The highest BCUT2D eigenvalue weighted by molar-refractivity contribution is 5.26. The molecule has 1 heteroatoms. The van der Waals surface area contributed by atoms with Crippen LogP contribution in [0.3, 0.4) is 0 Å². The van der Waals surface area contributed by atoms with Gasteiger partial charge in [-0.25, -0.2) is 0 Å². The first kappa shape index (κ1) is 4.97. The average molecular weight is 79.1 g/mol. The predicted molar refractivity (Wildman–Crippen MR) is 27.5 cm³/mol. The highest BCUT2D eigenvalue weighted by Crippen LogP contribution is 1.64. The van der Waals surface area contributed by atoms with E-state index in [-0.39, 0.29) is 0 Å². The average Bonchev–Trinajstić information content (AvgIpc) is 1.61. The Labute approximate surface area is 37.4 Å². The molecular formula is C5H5N. The van der Waals surface area contributed by atoms with Crippen LogP contribution < -0.4 is 0 Å². The van der Waals surface area contributed by atoms with Crippen LogP contribution in [0.25, 0.3) is 0 Å². The van der Waals surface area contributed by atoms with Crippen LogP contribution in [0, 0.1) is 12.3 Å². The van der Waals surface area contributed by atoms with Crippen molar-refractivity contribution in [3.8, 4) is 12.3 Å². The van der Waals surface area contributed by atoms with Crippen molar-refractivity contribution in [1.82, 2.24) is 0 Å². The molecule has 6 heavy (non-hydrogen) atoms. The monoisotopic (exact) mass is 79.0 g/mol. The molecule has 0 rings (SSSR count). The normalized spacial score (nSPS) is 7.83. The molecule has 0 aromatic carbocycles. The second-order valence-corrected chi connectivity index (χ2v) is 0.665. The minimum atomic E-state index is 1.46. The molecular weight excluding hydrogens is 74.1 g/mol. The van der Waals surface area contributed by atoms with E-state index in [1.54, 1.807) is 0 Å². The molecule has 0 radical (unpaired) electrons. The molecule has 0 aromatic heterocycles. The molecule has 30 valence electrons. The fraction of sp³-hybridized carbons (Fsp3) is 0. The van der Waals surface area contributed by atoms with Crippen molar-refractivity contribution >= 4 is 6.72 Å². The van der Waals surface area contributed by atoms with Crippen LogP contribution >= 0.6 is 0 Å². The van der Waals surface area contributed by atoms with Gasteiger partial charge in [-0.3, -0.25) is 4.99 Å². The SMILES string of the molecule is C#C/C=C\N=C. The summed E-state index contributed by atoms with van der Waals surface area (Å²) in [6.45, 7) is 3.17. The summed E-state index contributed by atoms with van der Waals surface area (Å²) in [5.74, 6) is 2.25. The maximum absolute atomic E-state index is 4.79. The van der Waals surface area contributed by atoms with E-state index in [1.807, 2.05) is 0 Å². The lowest BCUT2D eigenvalue weighted by Crippen LogP contribution is -1.41. The van der Waals surface area contributed by atoms with Crippen molar-refractivity contribution in [2.24, 2.45) is 4.99 Å². The van der Waals surface area contributed by atoms with E-state index in [1.165, 1.54) is 12.3 Å². The number of aliphatic imine (C=N–C) groups is 1. The Bertz CT molecular complexity index is 95.0. The molecule has 0 aromatic rings. The second kappa shape index (κ2) is 3.97. The molecule has 0 unspecified atom stereocenters. The summed E-state index contributed by atoms with van der Waals surface area (Å²) < 4.78 is 0. The number of terminal acetylenes is 1. The first-order valence-corrected chi connectivity index (χ1v) is 1.49. The molecule has 0 aliphatic rings. The van der Waals surface area contributed by atoms with Crippen LogP contribution in [0.5, 0.6) is 0 Å². The molecule has 0 saturated carbocycles. The van der Waals surface area contributed by atoms with Gasteiger partial charge >= 0.3 is 0 Å². The molecule has 0 heterocycles. The zero-order valence-corrected chi connectivity index (χ0v) is 3.39. The van der Waals surface area contributed by atoms with Crippen molar-refractivity contribution in [1.29, 1.82) is 0 Å². The molecule has 0 amide bonds. The Morgan fingerprint density at radius 1 is 1.83 bits per heavy atom. The largest absolute Gasteiger partial charge is 0.272 e. The molecule has 0 aliphatic carbocycles. The maximum Gasteiger partial charge on any atom is 0.0344 e. The van der Waals surface area contributed by atoms with Crippen LogP contribution in [0.1, 0.15) is 0 Å². The Kier molecular flexibility index (Phi) is 3.29. The molecule has 0 fully saturated rings. The minimum Gasteiger partial charge on any atom is -0.272 e. The molecule has 0 saturated heterocycles. The van der Waals surface area contributed by atoms with Crippen molar-refractivity contribution in [2.45, 2.75) is 0 Å². The van der Waals surface area contributed by atoms with Gasteiger partial charge in [0.1, 0.15) is 0 Å². The minimum absolute atomic E-state index is 1.46. The van der Waals surface area contributed by atoms with E-state index in [0.717, 1.165) is 0 Å². The van der Waals surface area contributed by atoms with Crippen LogP contribution in [0.2, 0.25) is 0 Å². The van der Waals surface area contributed by atoms with Gasteiger partial charge < -0.3 is 0 Å². The summed E-state index contributed by atoms with van der Waals surface area (Å²) >= 11 is 0. The van der Waals surface area contributed by atoms with Gasteiger partial charge in [-0.05, 0) is 6.72 Å². The van der Waals surface area contributed by atoms with Crippen molar-refractivity contribution < 1.29 is 0 Å². The fourth-order valence-electron chi connectivity index (χ4n) is 0.0957. The smallest absolute Gasteiger partial charge is 0.0344 e. The Morgan fingerprint density at radius 2 is 2.50 bits per heavy atom. The number of hydrogen-bond donors (Lipinski definition) is 0. The number of hydrogen-bond acceptors (Lipinski definition) is 1. The van der Waals surface area contributed by atoms with E-state index in [4.69, 9.17) is 6.42 Å². The first-order valence-electron chi connectivity index (χ1n) is 1.49. The third-order valence-corrected chi connectivity index (χ3v) is 0.276. The summed E-state index contributed by atoms with van der Waals surface area (Å²) in [5.41, 5.74) is 0. The second-order valence-electron chi connectivity index (χ2n) is 0.665. The van der Waals surface area contributed by atoms with E-state index in [0.29, 0.717) is 0 Å². The van der Waals surface area contributed by atoms with Crippen LogP contribution in [0.15, 0.2) is 17.3 Å². The Morgan fingerprint density at radius 3 is 2.67 bits per heavy atom. The van der Waals surface area contributed by atoms with E-state index in [9.17, 15) is 0 Å². The fourth-order valence-corrected chi connectivity index (χ4v) is 0.0957. The highest BCUT2D eigenvalue weighted by Gasteiger charge is 1.46. The van der Waals surface area contributed by atoms with Gasteiger partial charge in [-0.2, -0.15) is 0 Å². The molecule has 0 spiro atoms. The lowest BCUT2D eigenvalue weighted by Gasteiger charge is -1.58. The third-order valence-electron chi connectivity index (χ3n) is 0.276. The first-order chi connectivity index (χ1) is 2.91. The quantitative estimate of drug-likeness (QED) is 0.326. The Hall–Kier alpha value is -1.03. The zero-order chi connectivity index (χ0) is 4.83. The highest BCUT2D eigenvalue weighted by atomic mass is 14.6. The van der Waals surface area contributed by atoms with Crippen molar-refractivity contribution in [3.63, 3.8) is 0 Å². The van der Waals surface area contributed by atoms with Gasteiger partial charge in [-0.1, -0.05) is 5.92 Å². The van der Waals surface area contributed by atoms with Gasteiger partial charge in [0.25, 0.3) is 0 Å². The number of nitrogens with zero attached hydrogens (tertiary/aromatic N) is 1. The summed E-state index contributed by atoms with van der Waals surface area (Å²) in [7, 11) is 0. The van der Waals surface area contributed by atoms with E-state index in [2.05, 4.69) is 17.6 Å². The van der Waals surface area contributed by atoms with E-state index < -0.39 is 0 Å². The zero-order valence-electron chi connectivity index (χ0n) is 3.39. The van der Waals surface area contributed by atoms with Crippen LogP contribution in [0.4, 0.5) is 0 Å². The number of allylic oxidation sites excluding steroid dienone is 1. The predicted octanol–water partition coefficient (Wildman–Crippen LogP) is 0.834. The summed E-state index contributed by atoms with van der Waals surface area (Å²) in [5, 5.41) is 0.